The highest BCUT2D eigenvalue weighted by Crippen LogP contribution is 2.22. The van der Waals surface area contributed by atoms with Gasteiger partial charge < -0.3 is 0 Å². The van der Waals surface area contributed by atoms with Crippen LogP contribution < -0.4 is 0 Å². The fourth-order valence-corrected chi connectivity index (χ4v) is 1.76. The largest absolute Gasteiger partial charge is 0.243 e. The number of aryl methyl sites for hydroxylation is 1. The number of pyridine rings is 1. The molecule has 0 aliphatic rings. The minimum absolute atomic E-state index is 0.433. The average Bonchev–Trinajstić information content (AvgIpc) is 2.04. The zero-order valence-corrected chi connectivity index (χ0v) is 8.81. The second-order valence-corrected chi connectivity index (χ2v) is 3.34. The molecule has 0 saturated heterocycles. The van der Waals surface area contributed by atoms with Gasteiger partial charge in [0, 0.05) is 0 Å². The third-order valence-corrected chi connectivity index (χ3v) is 2.38. The van der Waals surface area contributed by atoms with Gasteiger partial charge in [-0.2, -0.15) is 10.5 Å². The van der Waals surface area contributed by atoms with Crippen LogP contribution in [0.15, 0.2) is 4.60 Å². The highest BCUT2D eigenvalue weighted by atomic mass is 79.9. The van der Waals surface area contributed by atoms with Crippen molar-refractivity contribution in [2.24, 2.45) is 0 Å². The fourth-order valence-electron chi connectivity index (χ4n) is 1.10. The SMILES string of the molecule is Cc1nc(Br)c(C#N)c(C)c1C#N. The molecule has 0 N–H and O–H groups in total. The monoisotopic (exact) mass is 235 g/mol. The van der Waals surface area contributed by atoms with Crippen molar-refractivity contribution in [1.29, 1.82) is 10.5 Å². The molecule has 1 heterocycles. The van der Waals surface area contributed by atoms with Gasteiger partial charge in [-0.1, -0.05) is 0 Å². The Kier molecular flexibility index (Phi) is 2.65. The number of hydrogen-bond acceptors (Lipinski definition) is 3. The maximum atomic E-state index is 8.80. The van der Waals surface area contributed by atoms with E-state index in [0.717, 1.165) is 0 Å². The Morgan fingerprint density at radius 3 is 2.15 bits per heavy atom. The number of hydrogen-bond donors (Lipinski definition) is 0. The molecule has 0 spiro atoms. The van der Waals surface area contributed by atoms with Crippen LogP contribution in [0.2, 0.25) is 0 Å². The quantitative estimate of drug-likeness (QED) is 0.648. The standard InChI is InChI=1S/C9H6BrN3/c1-5-7(3-11)6(2)13-9(10)8(5)4-12/h1-2H3. The van der Waals surface area contributed by atoms with Crippen LogP contribution >= 0.6 is 15.9 Å². The van der Waals surface area contributed by atoms with Gasteiger partial charge >= 0.3 is 0 Å². The average molecular weight is 236 g/mol. The summed E-state index contributed by atoms with van der Waals surface area (Å²) in [7, 11) is 0. The lowest BCUT2D eigenvalue weighted by Gasteiger charge is -2.04. The molecule has 0 radical (unpaired) electrons. The van der Waals surface area contributed by atoms with Crippen LogP contribution in [0, 0.1) is 36.5 Å². The smallest absolute Gasteiger partial charge is 0.124 e. The zero-order chi connectivity index (χ0) is 10.0. The van der Waals surface area contributed by atoms with Crippen molar-refractivity contribution in [1.82, 2.24) is 4.98 Å². The summed E-state index contributed by atoms with van der Waals surface area (Å²) < 4.78 is 0.504. The highest BCUT2D eigenvalue weighted by Gasteiger charge is 2.11. The molecule has 0 fully saturated rings. The molecule has 4 heteroatoms. The predicted octanol–water partition coefficient (Wildman–Crippen LogP) is 2.20. The van der Waals surface area contributed by atoms with Crippen LogP contribution in [0.1, 0.15) is 22.4 Å². The first-order chi connectivity index (χ1) is 6.11. The van der Waals surface area contributed by atoms with Crippen molar-refractivity contribution in [3.63, 3.8) is 0 Å². The Bertz CT molecular complexity index is 399. The summed E-state index contributed by atoms with van der Waals surface area (Å²) in [6, 6.07) is 4.04. The summed E-state index contributed by atoms with van der Waals surface area (Å²) >= 11 is 3.18. The first-order valence-corrected chi connectivity index (χ1v) is 4.38. The third kappa shape index (κ3) is 1.54. The van der Waals surface area contributed by atoms with Gasteiger partial charge in [0.05, 0.1) is 16.8 Å². The van der Waals surface area contributed by atoms with Gasteiger partial charge in [0.2, 0.25) is 0 Å². The number of rotatable bonds is 0. The van der Waals surface area contributed by atoms with Gasteiger partial charge in [-0.25, -0.2) is 4.98 Å². The van der Waals surface area contributed by atoms with Gasteiger partial charge in [0.25, 0.3) is 0 Å². The minimum atomic E-state index is 0.433. The van der Waals surface area contributed by atoms with E-state index in [1.807, 2.05) is 12.1 Å². The highest BCUT2D eigenvalue weighted by molar-refractivity contribution is 9.10. The Labute approximate surface area is 84.8 Å². The van der Waals surface area contributed by atoms with E-state index in [0.29, 0.717) is 27.0 Å². The molecule has 0 unspecified atom stereocenters. The summed E-state index contributed by atoms with van der Waals surface area (Å²) in [4.78, 5) is 4.05. The number of nitriles is 2. The van der Waals surface area contributed by atoms with Gasteiger partial charge in [-0.05, 0) is 35.3 Å². The lowest BCUT2D eigenvalue weighted by atomic mass is 10.1. The van der Waals surface area contributed by atoms with Crippen LogP contribution in [0.3, 0.4) is 0 Å². The zero-order valence-electron chi connectivity index (χ0n) is 7.22. The van der Waals surface area contributed by atoms with Crippen molar-refractivity contribution < 1.29 is 0 Å². The molecule has 0 aliphatic heterocycles. The van der Waals surface area contributed by atoms with Gasteiger partial charge in [0.1, 0.15) is 16.7 Å². The normalized spacial score (nSPS) is 9.00. The minimum Gasteiger partial charge on any atom is -0.243 e. The molecular formula is C9H6BrN3. The first kappa shape index (κ1) is 9.70. The summed E-state index contributed by atoms with van der Waals surface area (Å²) in [5, 5.41) is 17.6. The molecule has 0 atom stereocenters. The van der Waals surface area contributed by atoms with E-state index in [1.54, 1.807) is 13.8 Å². The van der Waals surface area contributed by atoms with Gasteiger partial charge in [-0.15, -0.1) is 0 Å². The predicted molar refractivity (Wildman–Crippen MR) is 50.8 cm³/mol. The van der Waals surface area contributed by atoms with Crippen molar-refractivity contribution in [2.45, 2.75) is 13.8 Å². The maximum absolute atomic E-state index is 8.80. The van der Waals surface area contributed by atoms with E-state index in [2.05, 4.69) is 20.9 Å². The molecule has 1 aromatic rings. The molecule has 0 aromatic carbocycles. The molecule has 1 rings (SSSR count). The van der Waals surface area contributed by atoms with Gasteiger partial charge in [0.15, 0.2) is 0 Å². The summed E-state index contributed by atoms with van der Waals surface area (Å²) in [6.07, 6.45) is 0. The fraction of sp³-hybridized carbons (Fsp3) is 0.222. The second-order valence-electron chi connectivity index (χ2n) is 2.59. The van der Waals surface area contributed by atoms with E-state index < -0.39 is 0 Å². The number of nitrogens with zero attached hydrogens (tertiary/aromatic N) is 3. The molecule has 3 nitrogen and oxygen atoms in total. The molecule has 13 heavy (non-hydrogen) atoms. The maximum Gasteiger partial charge on any atom is 0.124 e. The Morgan fingerprint density at radius 2 is 1.69 bits per heavy atom. The molecule has 0 amide bonds. The van der Waals surface area contributed by atoms with E-state index in [4.69, 9.17) is 10.5 Å². The van der Waals surface area contributed by atoms with Crippen LogP contribution in [-0.4, -0.2) is 4.98 Å². The summed E-state index contributed by atoms with van der Waals surface area (Å²) in [6.45, 7) is 3.49. The molecule has 0 saturated carbocycles. The van der Waals surface area contributed by atoms with E-state index in [-0.39, 0.29) is 0 Å². The topological polar surface area (TPSA) is 60.5 Å². The Hall–Kier alpha value is -1.39. The Balaban J connectivity index is 3.63. The molecule has 1 aromatic heterocycles. The van der Waals surface area contributed by atoms with Crippen LogP contribution in [0.4, 0.5) is 0 Å². The molecule has 64 valence electrons. The van der Waals surface area contributed by atoms with Crippen LogP contribution in [0.5, 0.6) is 0 Å². The van der Waals surface area contributed by atoms with E-state index >= 15 is 0 Å². The van der Waals surface area contributed by atoms with Crippen LogP contribution in [-0.2, 0) is 0 Å². The van der Waals surface area contributed by atoms with Crippen molar-refractivity contribution in [3.05, 3.63) is 27.0 Å². The van der Waals surface area contributed by atoms with Crippen LogP contribution in [0.25, 0.3) is 0 Å². The molecular weight excluding hydrogens is 230 g/mol. The van der Waals surface area contributed by atoms with Crippen molar-refractivity contribution in [3.8, 4) is 12.1 Å². The first-order valence-electron chi connectivity index (χ1n) is 3.58. The summed E-state index contributed by atoms with van der Waals surface area (Å²) in [5.74, 6) is 0. The van der Waals surface area contributed by atoms with E-state index in [9.17, 15) is 0 Å². The van der Waals surface area contributed by atoms with Crippen molar-refractivity contribution in [2.75, 3.05) is 0 Å². The summed E-state index contributed by atoms with van der Waals surface area (Å²) in [5.41, 5.74) is 2.25. The molecule has 0 aliphatic carbocycles. The van der Waals surface area contributed by atoms with Gasteiger partial charge in [-0.3, -0.25) is 0 Å². The van der Waals surface area contributed by atoms with Crippen molar-refractivity contribution >= 4 is 15.9 Å². The number of halogens is 1. The molecule has 0 bridgehead atoms. The second kappa shape index (κ2) is 3.55. The third-order valence-electron chi connectivity index (χ3n) is 1.81. The van der Waals surface area contributed by atoms with E-state index in [1.165, 1.54) is 0 Å². The number of aromatic nitrogens is 1. The lowest BCUT2D eigenvalue weighted by Crippen LogP contribution is -1.97. The Morgan fingerprint density at radius 1 is 1.15 bits per heavy atom. The lowest BCUT2D eigenvalue weighted by molar-refractivity contribution is 1.11.